The minimum absolute atomic E-state index is 0.00694. The van der Waals surface area contributed by atoms with Crippen molar-refractivity contribution in [3.8, 4) is 0 Å². The Morgan fingerprint density at radius 1 is 1.38 bits per heavy atom. The zero-order valence-corrected chi connectivity index (χ0v) is 8.16. The molecule has 0 amide bonds. The SMILES string of the molecule is CC1(C)OC[C@H](C2OCC[C@@H]2N)O1. The number of hydrogen-bond acceptors (Lipinski definition) is 4. The van der Waals surface area contributed by atoms with Gasteiger partial charge in [0.1, 0.15) is 12.2 Å². The third-order valence-electron chi connectivity index (χ3n) is 2.58. The molecule has 0 radical (unpaired) electrons. The first-order valence-corrected chi connectivity index (χ1v) is 4.77. The Morgan fingerprint density at radius 2 is 2.15 bits per heavy atom. The van der Waals surface area contributed by atoms with Crippen LogP contribution in [-0.2, 0) is 14.2 Å². The van der Waals surface area contributed by atoms with Crippen LogP contribution in [-0.4, -0.2) is 37.3 Å². The van der Waals surface area contributed by atoms with Crippen molar-refractivity contribution in [3.05, 3.63) is 0 Å². The molecule has 2 aliphatic heterocycles. The molecule has 2 fully saturated rings. The molecule has 4 heteroatoms. The van der Waals surface area contributed by atoms with Crippen LogP contribution < -0.4 is 5.73 Å². The first-order valence-electron chi connectivity index (χ1n) is 4.77. The summed E-state index contributed by atoms with van der Waals surface area (Å²) in [5.41, 5.74) is 5.89. The highest BCUT2D eigenvalue weighted by molar-refractivity contribution is 4.89. The van der Waals surface area contributed by atoms with Gasteiger partial charge in [0.15, 0.2) is 5.79 Å². The molecule has 13 heavy (non-hydrogen) atoms. The Kier molecular flexibility index (Phi) is 2.32. The van der Waals surface area contributed by atoms with Gasteiger partial charge >= 0.3 is 0 Å². The van der Waals surface area contributed by atoms with E-state index in [-0.39, 0.29) is 18.2 Å². The van der Waals surface area contributed by atoms with E-state index in [0.717, 1.165) is 13.0 Å². The van der Waals surface area contributed by atoms with E-state index in [1.807, 2.05) is 13.8 Å². The summed E-state index contributed by atoms with van der Waals surface area (Å²) in [6.45, 7) is 5.15. The molecule has 0 aromatic carbocycles. The van der Waals surface area contributed by atoms with E-state index >= 15 is 0 Å². The molecule has 3 atom stereocenters. The molecule has 0 aliphatic carbocycles. The fraction of sp³-hybridized carbons (Fsp3) is 1.00. The Morgan fingerprint density at radius 3 is 2.62 bits per heavy atom. The molecule has 0 aromatic heterocycles. The van der Waals surface area contributed by atoms with E-state index in [2.05, 4.69) is 0 Å². The minimum atomic E-state index is -0.476. The second-order valence-electron chi connectivity index (χ2n) is 4.16. The van der Waals surface area contributed by atoms with E-state index in [9.17, 15) is 0 Å². The van der Waals surface area contributed by atoms with Gasteiger partial charge in [0.25, 0.3) is 0 Å². The van der Waals surface area contributed by atoms with E-state index in [0.29, 0.717) is 6.61 Å². The third-order valence-corrected chi connectivity index (χ3v) is 2.58. The molecule has 0 spiro atoms. The molecule has 2 N–H and O–H groups in total. The van der Waals surface area contributed by atoms with Crippen LogP contribution in [0.3, 0.4) is 0 Å². The summed E-state index contributed by atoms with van der Waals surface area (Å²) < 4.78 is 16.6. The monoisotopic (exact) mass is 187 g/mol. The number of ether oxygens (including phenoxy) is 3. The van der Waals surface area contributed by atoms with Crippen molar-refractivity contribution in [2.24, 2.45) is 5.73 Å². The van der Waals surface area contributed by atoms with Gasteiger partial charge in [-0.2, -0.15) is 0 Å². The number of rotatable bonds is 1. The maximum atomic E-state index is 5.89. The summed E-state index contributed by atoms with van der Waals surface area (Å²) in [6, 6.07) is 0.0995. The molecule has 0 aromatic rings. The highest BCUT2D eigenvalue weighted by atomic mass is 16.7. The first kappa shape index (κ1) is 9.40. The highest BCUT2D eigenvalue weighted by Gasteiger charge is 2.42. The topological polar surface area (TPSA) is 53.7 Å². The fourth-order valence-electron chi connectivity index (χ4n) is 1.89. The zero-order valence-electron chi connectivity index (χ0n) is 8.16. The molecule has 0 saturated carbocycles. The van der Waals surface area contributed by atoms with Gasteiger partial charge in [-0.15, -0.1) is 0 Å². The Hall–Kier alpha value is -0.160. The molecule has 2 heterocycles. The smallest absolute Gasteiger partial charge is 0.163 e. The van der Waals surface area contributed by atoms with Gasteiger partial charge in [-0.05, 0) is 20.3 Å². The van der Waals surface area contributed by atoms with Crippen LogP contribution in [0.2, 0.25) is 0 Å². The summed E-state index contributed by atoms with van der Waals surface area (Å²) >= 11 is 0. The van der Waals surface area contributed by atoms with Gasteiger partial charge in [0.05, 0.1) is 6.61 Å². The van der Waals surface area contributed by atoms with Crippen LogP contribution in [0.5, 0.6) is 0 Å². The van der Waals surface area contributed by atoms with Gasteiger partial charge < -0.3 is 19.9 Å². The zero-order chi connectivity index (χ0) is 9.47. The first-order chi connectivity index (χ1) is 6.08. The Bertz CT molecular complexity index is 195. The van der Waals surface area contributed by atoms with Crippen LogP contribution >= 0.6 is 0 Å². The summed E-state index contributed by atoms with van der Waals surface area (Å²) in [5.74, 6) is -0.476. The van der Waals surface area contributed by atoms with Crippen LogP contribution in [0.1, 0.15) is 20.3 Å². The highest BCUT2D eigenvalue weighted by Crippen LogP contribution is 2.28. The lowest BCUT2D eigenvalue weighted by atomic mass is 10.1. The predicted molar refractivity (Wildman–Crippen MR) is 47.2 cm³/mol. The van der Waals surface area contributed by atoms with E-state index in [4.69, 9.17) is 19.9 Å². The van der Waals surface area contributed by atoms with Crippen LogP contribution in [0.15, 0.2) is 0 Å². The van der Waals surface area contributed by atoms with Gasteiger partial charge in [0.2, 0.25) is 0 Å². The molecular weight excluding hydrogens is 170 g/mol. The van der Waals surface area contributed by atoms with Gasteiger partial charge in [-0.25, -0.2) is 0 Å². The van der Waals surface area contributed by atoms with Crippen LogP contribution in [0, 0.1) is 0 Å². The average molecular weight is 187 g/mol. The van der Waals surface area contributed by atoms with Gasteiger partial charge in [-0.3, -0.25) is 0 Å². The van der Waals surface area contributed by atoms with Crippen LogP contribution in [0.25, 0.3) is 0 Å². The lowest BCUT2D eigenvalue weighted by Gasteiger charge is -2.22. The molecule has 2 saturated heterocycles. The third kappa shape index (κ3) is 1.86. The van der Waals surface area contributed by atoms with Crippen molar-refractivity contribution in [3.63, 3.8) is 0 Å². The summed E-state index contributed by atoms with van der Waals surface area (Å²) in [6.07, 6.45) is 0.944. The normalized spacial score (nSPS) is 44.1. The lowest BCUT2D eigenvalue weighted by Crippen LogP contribution is -2.41. The fourth-order valence-corrected chi connectivity index (χ4v) is 1.89. The number of hydrogen-bond donors (Lipinski definition) is 1. The number of nitrogens with two attached hydrogens (primary N) is 1. The lowest BCUT2D eigenvalue weighted by molar-refractivity contribution is -0.152. The van der Waals surface area contributed by atoms with E-state index in [1.165, 1.54) is 0 Å². The van der Waals surface area contributed by atoms with Crippen molar-refractivity contribution >= 4 is 0 Å². The van der Waals surface area contributed by atoms with Crippen molar-refractivity contribution in [2.45, 2.75) is 44.3 Å². The predicted octanol–water partition coefficient (Wildman–Crippen LogP) is 0.254. The second-order valence-corrected chi connectivity index (χ2v) is 4.16. The van der Waals surface area contributed by atoms with Crippen molar-refractivity contribution in [2.75, 3.05) is 13.2 Å². The second kappa shape index (κ2) is 3.20. The maximum Gasteiger partial charge on any atom is 0.163 e. The quantitative estimate of drug-likeness (QED) is 0.639. The molecule has 2 rings (SSSR count). The molecule has 0 bridgehead atoms. The molecule has 1 unspecified atom stereocenters. The average Bonchev–Trinajstić information content (AvgIpc) is 2.56. The van der Waals surface area contributed by atoms with Crippen molar-refractivity contribution in [1.29, 1.82) is 0 Å². The van der Waals surface area contributed by atoms with Gasteiger partial charge in [0, 0.05) is 12.6 Å². The van der Waals surface area contributed by atoms with Gasteiger partial charge in [-0.1, -0.05) is 0 Å². The van der Waals surface area contributed by atoms with Crippen molar-refractivity contribution < 1.29 is 14.2 Å². The van der Waals surface area contributed by atoms with E-state index < -0.39 is 5.79 Å². The molecule has 2 aliphatic rings. The maximum absolute atomic E-state index is 5.89. The summed E-state index contributed by atoms with van der Waals surface area (Å²) in [5, 5.41) is 0. The Labute approximate surface area is 78.3 Å². The summed E-state index contributed by atoms with van der Waals surface area (Å²) in [7, 11) is 0. The van der Waals surface area contributed by atoms with Crippen LogP contribution in [0.4, 0.5) is 0 Å². The molecule has 4 nitrogen and oxygen atoms in total. The largest absolute Gasteiger partial charge is 0.374 e. The summed E-state index contributed by atoms with van der Waals surface area (Å²) in [4.78, 5) is 0. The van der Waals surface area contributed by atoms with E-state index in [1.54, 1.807) is 0 Å². The standard InChI is InChI=1S/C9H17NO3/c1-9(2)12-5-7(13-9)8-6(10)3-4-11-8/h6-8H,3-5,10H2,1-2H3/t6-,7+,8?/m0/s1. The molecule has 76 valence electrons. The minimum Gasteiger partial charge on any atom is -0.374 e. The Balaban J connectivity index is 1.95. The van der Waals surface area contributed by atoms with Crippen molar-refractivity contribution in [1.82, 2.24) is 0 Å². The molecular formula is C9H17NO3.